The van der Waals surface area contributed by atoms with E-state index >= 15 is 0 Å². The maximum atomic E-state index is 11.3. The highest BCUT2D eigenvalue weighted by atomic mass is 28.3. The number of fused-ring (bicyclic) bond motifs is 3. The molecule has 0 saturated carbocycles. The fourth-order valence-electron chi connectivity index (χ4n) is 7.62. The number of hydrogen-bond acceptors (Lipinski definition) is 3. The van der Waals surface area contributed by atoms with Crippen molar-refractivity contribution in [3.8, 4) is 35.0 Å². The highest BCUT2D eigenvalue weighted by Crippen LogP contribution is 2.37. The molecular formula is C45H28N4Si. The van der Waals surface area contributed by atoms with Crippen LogP contribution in [0.1, 0.15) is 16.7 Å². The summed E-state index contributed by atoms with van der Waals surface area (Å²) in [6.45, 7) is 0. The van der Waals surface area contributed by atoms with E-state index in [0.717, 1.165) is 59.4 Å². The van der Waals surface area contributed by atoms with Crippen molar-refractivity contribution in [3.05, 3.63) is 187 Å². The molecule has 0 amide bonds. The normalized spacial score (nSPS) is 11.1. The van der Waals surface area contributed by atoms with Gasteiger partial charge in [0.1, 0.15) is 0 Å². The second-order valence-corrected chi connectivity index (χ2v) is 15.9. The van der Waals surface area contributed by atoms with Crippen LogP contribution < -0.4 is 20.7 Å². The summed E-state index contributed by atoms with van der Waals surface area (Å²) in [6, 6.07) is 64.5. The molecule has 0 N–H and O–H groups in total. The third kappa shape index (κ3) is 4.64. The summed E-state index contributed by atoms with van der Waals surface area (Å²) in [5.41, 5.74) is 6.09. The van der Waals surface area contributed by atoms with Gasteiger partial charge in [-0.2, -0.15) is 15.8 Å². The molecule has 0 aliphatic heterocycles. The van der Waals surface area contributed by atoms with E-state index in [1.54, 1.807) is 0 Å². The Hall–Kier alpha value is -6.97. The summed E-state index contributed by atoms with van der Waals surface area (Å²) >= 11 is 0. The minimum absolute atomic E-state index is 0.493. The zero-order valence-corrected chi connectivity index (χ0v) is 28.0. The van der Waals surface area contributed by atoms with Crippen LogP contribution in [0.3, 0.4) is 0 Å². The van der Waals surface area contributed by atoms with Gasteiger partial charge in [0.25, 0.3) is 0 Å². The zero-order chi connectivity index (χ0) is 34.1. The molecule has 4 nitrogen and oxygen atoms in total. The first-order chi connectivity index (χ1) is 24.7. The molecule has 7 aromatic carbocycles. The molecule has 0 bridgehead atoms. The Morgan fingerprint density at radius 3 is 1.60 bits per heavy atom. The fraction of sp³-hybridized carbons (Fsp3) is 0. The van der Waals surface area contributed by atoms with Gasteiger partial charge in [0.2, 0.25) is 0 Å². The van der Waals surface area contributed by atoms with E-state index < -0.39 is 8.07 Å². The number of rotatable bonds is 6. The van der Waals surface area contributed by atoms with E-state index in [4.69, 9.17) is 0 Å². The minimum Gasteiger partial charge on any atom is -0.309 e. The summed E-state index contributed by atoms with van der Waals surface area (Å²) in [7, 11) is -3.26. The monoisotopic (exact) mass is 652 g/mol. The minimum atomic E-state index is -3.26. The molecule has 0 fully saturated rings. The standard InChI is InChI=1S/C45H28N4Si/c46-29-32-24-27-44-40(28-32)39-21-11-13-23-43(39)49(44)42-22-12-10-20-38(42)37-26-25-33(30-47)45(41(37)31-48)50(34-14-4-1-5-15-34,35-16-6-2-7-17-35)36-18-8-3-9-19-36/h1-28H. The molecule has 5 heteroatoms. The molecule has 0 atom stereocenters. The van der Waals surface area contributed by atoms with Gasteiger partial charge in [-0.3, -0.25) is 0 Å². The molecule has 8 rings (SSSR count). The molecule has 0 unspecified atom stereocenters. The molecule has 0 saturated heterocycles. The highest BCUT2D eigenvalue weighted by molar-refractivity contribution is 7.20. The predicted octanol–water partition coefficient (Wildman–Crippen LogP) is 7.44. The molecular weight excluding hydrogens is 625 g/mol. The number of nitriles is 3. The van der Waals surface area contributed by atoms with E-state index in [1.807, 2.05) is 109 Å². The lowest BCUT2D eigenvalue weighted by molar-refractivity contribution is 1.18. The lowest BCUT2D eigenvalue weighted by Gasteiger charge is -2.36. The van der Waals surface area contributed by atoms with Crippen LogP contribution in [0.2, 0.25) is 0 Å². The average Bonchev–Trinajstić information content (AvgIpc) is 3.52. The van der Waals surface area contributed by atoms with Crippen LogP contribution in [0.4, 0.5) is 0 Å². The van der Waals surface area contributed by atoms with E-state index in [1.165, 1.54) is 0 Å². The van der Waals surface area contributed by atoms with Gasteiger partial charge >= 0.3 is 0 Å². The average molecular weight is 653 g/mol. The van der Waals surface area contributed by atoms with Crippen LogP contribution in [-0.2, 0) is 0 Å². The highest BCUT2D eigenvalue weighted by Gasteiger charge is 2.45. The molecule has 0 aliphatic rings. The van der Waals surface area contributed by atoms with Crippen molar-refractivity contribution >= 4 is 50.6 Å². The summed E-state index contributed by atoms with van der Waals surface area (Å²) in [6.07, 6.45) is 0. The van der Waals surface area contributed by atoms with Gasteiger partial charge in [-0.1, -0.05) is 133 Å². The summed E-state index contributed by atoms with van der Waals surface area (Å²) in [5, 5.41) is 37.9. The molecule has 50 heavy (non-hydrogen) atoms. The van der Waals surface area contributed by atoms with Crippen molar-refractivity contribution in [1.82, 2.24) is 4.57 Å². The molecule has 232 valence electrons. The second-order valence-electron chi connectivity index (χ2n) is 12.2. The smallest absolute Gasteiger partial charge is 0.182 e. The summed E-state index contributed by atoms with van der Waals surface area (Å²) in [5.74, 6) is 0. The maximum absolute atomic E-state index is 11.3. The zero-order valence-electron chi connectivity index (χ0n) is 27.0. The lowest BCUT2D eigenvalue weighted by atomic mass is 9.96. The van der Waals surface area contributed by atoms with Crippen molar-refractivity contribution in [2.45, 2.75) is 0 Å². The van der Waals surface area contributed by atoms with Gasteiger partial charge in [0, 0.05) is 21.9 Å². The van der Waals surface area contributed by atoms with Crippen molar-refractivity contribution in [3.63, 3.8) is 0 Å². The van der Waals surface area contributed by atoms with Crippen LogP contribution in [-0.4, -0.2) is 12.6 Å². The Kier molecular flexibility index (Phi) is 7.63. The van der Waals surface area contributed by atoms with E-state index in [-0.39, 0.29) is 0 Å². The number of para-hydroxylation sites is 2. The molecule has 0 aliphatic carbocycles. The van der Waals surface area contributed by atoms with Gasteiger partial charge < -0.3 is 4.57 Å². The Labute approximate surface area is 291 Å². The number of benzene rings is 7. The van der Waals surface area contributed by atoms with Gasteiger partial charge in [-0.15, -0.1) is 0 Å². The molecule has 1 aromatic heterocycles. The summed E-state index contributed by atoms with van der Waals surface area (Å²) in [4.78, 5) is 0. The summed E-state index contributed by atoms with van der Waals surface area (Å²) < 4.78 is 2.22. The van der Waals surface area contributed by atoms with E-state index in [2.05, 4.69) is 83.4 Å². The fourth-order valence-corrected chi connectivity index (χ4v) is 12.7. The Morgan fingerprint density at radius 1 is 0.440 bits per heavy atom. The van der Waals surface area contributed by atoms with Crippen LogP contribution >= 0.6 is 0 Å². The third-order valence-corrected chi connectivity index (χ3v) is 14.5. The van der Waals surface area contributed by atoms with Gasteiger partial charge in [-0.25, -0.2) is 0 Å². The van der Waals surface area contributed by atoms with Crippen LogP contribution in [0.5, 0.6) is 0 Å². The third-order valence-electron chi connectivity index (χ3n) is 9.67. The Balaban J connectivity index is 1.51. The largest absolute Gasteiger partial charge is 0.309 e. The van der Waals surface area contributed by atoms with Crippen molar-refractivity contribution in [2.75, 3.05) is 0 Å². The van der Waals surface area contributed by atoms with Crippen molar-refractivity contribution in [2.24, 2.45) is 0 Å². The van der Waals surface area contributed by atoms with Crippen LogP contribution in [0.25, 0.3) is 38.6 Å². The van der Waals surface area contributed by atoms with E-state index in [0.29, 0.717) is 16.7 Å². The van der Waals surface area contributed by atoms with Gasteiger partial charge in [-0.05, 0) is 57.1 Å². The molecule has 0 spiro atoms. The molecule has 1 heterocycles. The number of aromatic nitrogens is 1. The second kappa shape index (κ2) is 12.6. The maximum Gasteiger partial charge on any atom is 0.182 e. The van der Waals surface area contributed by atoms with Crippen molar-refractivity contribution < 1.29 is 0 Å². The Morgan fingerprint density at radius 2 is 1.00 bits per heavy atom. The van der Waals surface area contributed by atoms with Crippen molar-refractivity contribution in [1.29, 1.82) is 15.8 Å². The molecule has 0 radical (unpaired) electrons. The predicted molar refractivity (Wildman–Crippen MR) is 204 cm³/mol. The topological polar surface area (TPSA) is 76.3 Å². The lowest BCUT2D eigenvalue weighted by Crippen LogP contribution is -2.76. The first-order valence-electron chi connectivity index (χ1n) is 16.4. The SMILES string of the molecule is N#Cc1ccc2c(c1)c1ccccc1n2-c1ccccc1-c1ccc(C#N)c([Si](c2ccccc2)(c2ccccc2)c2ccccc2)c1C#N. The molecule has 8 aromatic rings. The van der Waals surface area contributed by atoms with E-state index in [9.17, 15) is 15.8 Å². The first-order valence-corrected chi connectivity index (χ1v) is 18.4. The van der Waals surface area contributed by atoms with Gasteiger partial charge in [0.15, 0.2) is 8.07 Å². The van der Waals surface area contributed by atoms with Crippen LogP contribution in [0.15, 0.2) is 170 Å². The number of nitrogens with zero attached hydrogens (tertiary/aromatic N) is 4. The number of hydrogen-bond donors (Lipinski definition) is 0. The quantitative estimate of drug-likeness (QED) is 0.138. The Bertz CT molecular complexity index is 2580. The van der Waals surface area contributed by atoms with Gasteiger partial charge in [0.05, 0.1) is 51.6 Å². The first kappa shape index (κ1) is 30.4. The van der Waals surface area contributed by atoms with Crippen LogP contribution in [0, 0.1) is 34.0 Å².